The molecule has 0 bridgehead atoms. The molecule has 7 atom stereocenters. The van der Waals surface area contributed by atoms with Gasteiger partial charge in [0.15, 0.2) is 6.29 Å². The predicted octanol–water partition coefficient (Wildman–Crippen LogP) is 10.8. The van der Waals surface area contributed by atoms with Crippen LogP contribution in [0.4, 0.5) is 0 Å². The zero-order valence-corrected chi connectivity index (χ0v) is 39.0. The fourth-order valence-electron chi connectivity index (χ4n) is 6.66. The third-order valence-electron chi connectivity index (χ3n) is 10.5. The minimum absolute atomic E-state index is 0.208. The molecule has 0 saturated carbocycles. The SMILES string of the molecule is CC/C=C\C/C=C\C/C=C\C/C=C\C/C=C\C/C=C\C/C=C\C/C=C\CCCCCCCCCCC(=O)NC(COC1OC(CO)C(O)C(O)C1O)C(O)/C=C/CC/C=C/CCC. The standard InChI is InChI=1S/C54H87NO8/c1-3-5-7-9-11-12-13-14-15-16-17-18-19-20-21-22-23-24-25-26-27-28-29-30-31-32-33-34-35-36-38-40-42-44-50(58)55-47(48(57)43-41-39-37-10-8-6-4-2)46-62-54-53(61)52(60)51(59)49(45-56)63-54/h5,7-8,10-12,14-15,17-18,20-21,23-24,26-27,29-30,41,43,47-49,51-54,56-57,59-61H,3-4,6,9,13,16,19,22,25,28,31-40,42,44-46H2,1-2H3,(H,55,58)/b7-5-,10-8+,12-11-,15-14-,18-17-,21-20-,24-23-,27-26-,30-29-,43-41+. The topological polar surface area (TPSA) is 149 Å². The number of allylic oxidation sites excluding steroid dienone is 19. The van der Waals surface area contributed by atoms with Crippen molar-refractivity contribution in [3.63, 3.8) is 0 Å². The zero-order valence-electron chi connectivity index (χ0n) is 39.0. The number of aliphatic hydroxyl groups is 5. The predicted molar refractivity (Wildman–Crippen MR) is 262 cm³/mol. The number of aliphatic hydroxyl groups excluding tert-OH is 5. The maximum atomic E-state index is 12.9. The van der Waals surface area contributed by atoms with E-state index in [0.717, 1.165) is 109 Å². The van der Waals surface area contributed by atoms with Gasteiger partial charge in [0.05, 0.1) is 25.4 Å². The lowest BCUT2D eigenvalue weighted by Gasteiger charge is -2.40. The third-order valence-corrected chi connectivity index (χ3v) is 10.5. The number of unbranched alkanes of at least 4 members (excludes halogenated alkanes) is 10. The number of ether oxygens (including phenoxy) is 2. The van der Waals surface area contributed by atoms with E-state index in [9.17, 15) is 30.3 Å². The Morgan fingerprint density at radius 2 is 1.00 bits per heavy atom. The normalized spacial score (nSPS) is 21.3. The van der Waals surface area contributed by atoms with Gasteiger partial charge in [-0.1, -0.05) is 180 Å². The van der Waals surface area contributed by atoms with E-state index in [1.165, 1.54) is 25.7 Å². The van der Waals surface area contributed by atoms with Crippen molar-refractivity contribution in [1.82, 2.24) is 5.32 Å². The fraction of sp³-hybridized carbons (Fsp3) is 0.611. The molecule has 9 nitrogen and oxygen atoms in total. The molecule has 1 aliphatic rings. The van der Waals surface area contributed by atoms with Crippen molar-refractivity contribution < 1.29 is 39.8 Å². The van der Waals surface area contributed by atoms with Crippen LogP contribution in [-0.2, 0) is 14.3 Å². The van der Waals surface area contributed by atoms with E-state index in [0.29, 0.717) is 6.42 Å². The van der Waals surface area contributed by atoms with Crippen LogP contribution in [0, 0.1) is 0 Å². The first-order valence-electron chi connectivity index (χ1n) is 24.3. The second-order valence-electron chi connectivity index (χ2n) is 16.2. The van der Waals surface area contributed by atoms with Gasteiger partial charge in [-0.3, -0.25) is 4.79 Å². The highest BCUT2D eigenvalue weighted by Gasteiger charge is 2.44. The molecule has 0 aromatic carbocycles. The van der Waals surface area contributed by atoms with E-state index in [-0.39, 0.29) is 12.5 Å². The molecule has 63 heavy (non-hydrogen) atoms. The van der Waals surface area contributed by atoms with Gasteiger partial charge in [0, 0.05) is 6.42 Å². The van der Waals surface area contributed by atoms with Gasteiger partial charge in [-0.05, 0) is 89.9 Å². The van der Waals surface area contributed by atoms with Crippen LogP contribution in [0.3, 0.4) is 0 Å². The fourth-order valence-corrected chi connectivity index (χ4v) is 6.66. The zero-order chi connectivity index (χ0) is 45.9. The quantitative estimate of drug-likeness (QED) is 0.0265. The molecule has 1 heterocycles. The van der Waals surface area contributed by atoms with Gasteiger partial charge in [-0.15, -0.1) is 0 Å². The summed E-state index contributed by atoms with van der Waals surface area (Å²) in [4.78, 5) is 12.9. The second kappa shape index (κ2) is 42.5. The highest BCUT2D eigenvalue weighted by Crippen LogP contribution is 2.22. The first kappa shape index (κ1) is 57.6. The molecule has 1 aliphatic heterocycles. The molecule has 0 aromatic heterocycles. The number of nitrogens with one attached hydrogen (secondary N) is 1. The average molecular weight is 878 g/mol. The van der Waals surface area contributed by atoms with Crippen molar-refractivity contribution in [2.75, 3.05) is 13.2 Å². The van der Waals surface area contributed by atoms with Crippen molar-refractivity contribution in [2.24, 2.45) is 0 Å². The lowest BCUT2D eigenvalue weighted by Crippen LogP contribution is -2.60. The summed E-state index contributed by atoms with van der Waals surface area (Å²) in [6, 6.07) is -0.831. The molecular formula is C54H87NO8. The summed E-state index contributed by atoms with van der Waals surface area (Å²) in [5, 5.41) is 53.9. The van der Waals surface area contributed by atoms with Gasteiger partial charge in [0.25, 0.3) is 0 Å². The summed E-state index contributed by atoms with van der Waals surface area (Å²) < 4.78 is 11.1. The minimum Gasteiger partial charge on any atom is -0.394 e. The van der Waals surface area contributed by atoms with Gasteiger partial charge in [0.1, 0.15) is 24.4 Å². The number of amides is 1. The Morgan fingerprint density at radius 3 is 1.51 bits per heavy atom. The molecule has 1 rings (SSSR count). The smallest absolute Gasteiger partial charge is 0.220 e. The van der Waals surface area contributed by atoms with E-state index >= 15 is 0 Å². The highest BCUT2D eigenvalue weighted by atomic mass is 16.7. The molecular weight excluding hydrogens is 791 g/mol. The van der Waals surface area contributed by atoms with Gasteiger partial charge in [-0.25, -0.2) is 0 Å². The van der Waals surface area contributed by atoms with E-state index in [2.05, 4.69) is 129 Å². The maximum Gasteiger partial charge on any atom is 0.220 e. The second-order valence-corrected chi connectivity index (χ2v) is 16.2. The Hall–Kier alpha value is -3.41. The molecule has 7 unspecified atom stereocenters. The van der Waals surface area contributed by atoms with Crippen LogP contribution in [0.5, 0.6) is 0 Å². The van der Waals surface area contributed by atoms with Crippen LogP contribution in [0.2, 0.25) is 0 Å². The van der Waals surface area contributed by atoms with Crippen LogP contribution in [0.1, 0.15) is 155 Å². The number of hydrogen-bond donors (Lipinski definition) is 6. The molecule has 0 aliphatic carbocycles. The lowest BCUT2D eigenvalue weighted by molar-refractivity contribution is -0.302. The molecule has 9 heteroatoms. The maximum absolute atomic E-state index is 12.9. The molecule has 0 spiro atoms. The Bertz CT molecular complexity index is 1390. The van der Waals surface area contributed by atoms with Crippen molar-refractivity contribution in [1.29, 1.82) is 0 Å². The van der Waals surface area contributed by atoms with E-state index in [1.807, 2.05) is 6.08 Å². The Balaban J connectivity index is 2.17. The molecule has 1 fully saturated rings. The summed E-state index contributed by atoms with van der Waals surface area (Å²) in [7, 11) is 0. The molecule has 356 valence electrons. The van der Waals surface area contributed by atoms with Crippen molar-refractivity contribution in [3.8, 4) is 0 Å². The summed E-state index contributed by atoms with van der Waals surface area (Å²) in [5.74, 6) is -0.208. The summed E-state index contributed by atoms with van der Waals surface area (Å²) >= 11 is 0. The monoisotopic (exact) mass is 878 g/mol. The van der Waals surface area contributed by atoms with E-state index < -0.39 is 49.5 Å². The van der Waals surface area contributed by atoms with Gasteiger partial charge in [0.2, 0.25) is 5.91 Å². The van der Waals surface area contributed by atoms with E-state index in [1.54, 1.807) is 6.08 Å². The van der Waals surface area contributed by atoms with Crippen LogP contribution in [0.15, 0.2) is 122 Å². The first-order valence-corrected chi connectivity index (χ1v) is 24.3. The Labute approximate surface area is 382 Å². The lowest BCUT2D eigenvalue weighted by atomic mass is 9.99. The molecule has 1 amide bonds. The molecule has 6 N–H and O–H groups in total. The largest absolute Gasteiger partial charge is 0.394 e. The minimum atomic E-state index is -1.58. The summed E-state index contributed by atoms with van der Waals surface area (Å²) in [5.41, 5.74) is 0. The highest BCUT2D eigenvalue weighted by molar-refractivity contribution is 5.76. The first-order chi connectivity index (χ1) is 30.8. The van der Waals surface area contributed by atoms with Crippen molar-refractivity contribution in [2.45, 2.75) is 198 Å². The van der Waals surface area contributed by atoms with Gasteiger partial charge in [-0.2, -0.15) is 0 Å². The molecule has 0 aromatic rings. The van der Waals surface area contributed by atoms with E-state index in [4.69, 9.17) is 9.47 Å². The van der Waals surface area contributed by atoms with Crippen LogP contribution in [-0.4, -0.2) is 87.5 Å². The average Bonchev–Trinajstić information content (AvgIpc) is 3.28. The third kappa shape index (κ3) is 32.8. The van der Waals surface area contributed by atoms with Crippen molar-refractivity contribution in [3.05, 3.63) is 122 Å². The molecule has 0 radical (unpaired) electrons. The van der Waals surface area contributed by atoms with Crippen LogP contribution < -0.4 is 5.32 Å². The number of hydrogen-bond acceptors (Lipinski definition) is 8. The Morgan fingerprint density at radius 1 is 0.556 bits per heavy atom. The van der Waals surface area contributed by atoms with Crippen molar-refractivity contribution >= 4 is 5.91 Å². The van der Waals surface area contributed by atoms with Gasteiger partial charge < -0.3 is 40.3 Å². The summed E-state index contributed by atoms with van der Waals surface area (Å²) in [6.07, 6.45) is 57.2. The summed E-state index contributed by atoms with van der Waals surface area (Å²) in [6.45, 7) is 3.49. The van der Waals surface area contributed by atoms with Gasteiger partial charge >= 0.3 is 0 Å². The molecule has 1 saturated heterocycles. The van der Waals surface area contributed by atoms with Crippen LogP contribution in [0.25, 0.3) is 0 Å². The Kier molecular flexibility index (Phi) is 38.9. The van der Waals surface area contributed by atoms with Crippen LogP contribution >= 0.6 is 0 Å². The number of carbonyl (C=O) groups is 1. The number of rotatable bonds is 38. The number of carbonyl (C=O) groups excluding carboxylic acids is 1.